The number of rotatable bonds is 3. The standard InChI is InChI=1S/C17H19FN2O2.ClH/c1-11-5-6-16(22-11)17(21)20-15-10-19-8-7-14(15)12-3-2-4-13(18)9-12;/h2-6,9,14-15,19H,7-8,10H2,1H3,(H,20,21);1H/t14-,15+;/m0./s1. The highest BCUT2D eigenvalue weighted by Gasteiger charge is 2.28. The summed E-state index contributed by atoms with van der Waals surface area (Å²) in [5, 5.41) is 6.27. The van der Waals surface area contributed by atoms with E-state index in [0.29, 0.717) is 18.1 Å². The number of nitrogens with one attached hydrogen (secondary N) is 2. The topological polar surface area (TPSA) is 54.3 Å². The van der Waals surface area contributed by atoms with Crippen LogP contribution in [0.25, 0.3) is 0 Å². The maximum Gasteiger partial charge on any atom is 0.287 e. The number of hydrogen-bond acceptors (Lipinski definition) is 3. The molecule has 1 aromatic carbocycles. The van der Waals surface area contributed by atoms with Crippen LogP contribution in [0.2, 0.25) is 0 Å². The van der Waals surface area contributed by atoms with E-state index in [9.17, 15) is 9.18 Å². The monoisotopic (exact) mass is 338 g/mol. The number of benzene rings is 1. The van der Waals surface area contributed by atoms with Gasteiger partial charge in [0.05, 0.1) is 0 Å². The van der Waals surface area contributed by atoms with Crippen molar-refractivity contribution >= 4 is 18.3 Å². The van der Waals surface area contributed by atoms with Gasteiger partial charge in [0.1, 0.15) is 11.6 Å². The van der Waals surface area contributed by atoms with Gasteiger partial charge in [-0.05, 0) is 49.7 Å². The van der Waals surface area contributed by atoms with Crippen LogP contribution in [-0.2, 0) is 0 Å². The van der Waals surface area contributed by atoms with Gasteiger partial charge in [-0.3, -0.25) is 4.79 Å². The summed E-state index contributed by atoms with van der Waals surface area (Å²) in [5.74, 6) is 0.623. The molecule has 0 aliphatic carbocycles. The lowest BCUT2D eigenvalue weighted by Crippen LogP contribution is -2.50. The Balaban J connectivity index is 0.00000192. The number of amides is 1. The van der Waals surface area contributed by atoms with Crippen molar-refractivity contribution in [3.63, 3.8) is 0 Å². The summed E-state index contributed by atoms with van der Waals surface area (Å²) in [5.41, 5.74) is 0.919. The number of hydrogen-bond donors (Lipinski definition) is 2. The molecule has 124 valence electrons. The first kappa shape index (κ1) is 17.5. The Morgan fingerprint density at radius 2 is 2.17 bits per heavy atom. The zero-order valence-corrected chi connectivity index (χ0v) is 13.7. The SMILES string of the molecule is Cc1ccc(C(=O)N[C@@H]2CNCC[C@H]2c2cccc(F)c2)o1.Cl. The fourth-order valence-corrected chi connectivity index (χ4v) is 2.94. The van der Waals surface area contributed by atoms with Crippen molar-refractivity contribution in [2.45, 2.75) is 25.3 Å². The quantitative estimate of drug-likeness (QED) is 0.904. The minimum atomic E-state index is -0.247. The van der Waals surface area contributed by atoms with Crippen molar-refractivity contribution in [2.75, 3.05) is 13.1 Å². The van der Waals surface area contributed by atoms with Crippen LogP contribution >= 0.6 is 12.4 Å². The molecule has 0 saturated carbocycles. The van der Waals surface area contributed by atoms with Crippen molar-refractivity contribution in [3.8, 4) is 0 Å². The summed E-state index contributed by atoms with van der Waals surface area (Å²) < 4.78 is 18.8. The van der Waals surface area contributed by atoms with E-state index in [1.54, 1.807) is 31.2 Å². The molecule has 0 bridgehead atoms. The largest absolute Gasteiger partial charge is 0.456 e. The molecule has 1 amide bonds. The lowest BCUT2D eigenvalue weighted by molar-refractivity contribution is 0.0895. The van der Waals surface area contributed by atoms with Gasteiger partial charge in [-0.25, -0.2) is 4.39 Å². The molecule has 0 spiro atoms. The number of carbonyl (C=O) groups is 1. The molecule has 4 nitrogen and oxygen atoms in total. The Hall–Kier alpha value is -1.85. The van der Waals surface area contributed by atoms with Gasteiger partial charge >= 0.3 is 0 Å². The molecule has 1 aliphatic rings. The van der Waals surface area contributed by atoms with E-state index in [2.05, 4.69) is 10.6 Å². The summed E-state index contributed by atoms with van der Waals surface area (Å²) in [6.45, 7) is 3.31. The number of furan rings is 1. The zero-order valence-electron chi connectivity index (χ0n) is 12.8. The van der Waals surface area contributed by atoms with Crippen molar-refractivity contribution in [3.05, 3.63) is 59.3 Å². The lowest BCUT2D eigenvalue weighted by atomic mass is 9.86. The van der Waals surface area contributed by atoms with Crippen LogP contribution in [0.1, 0.15) is 34.2 Å². The van der Waals surface area contributed by atoms with E-state index in [0.717, 1.165) is 18.5 Å². The lowest BCUT2D eigenvalue weighted by Gasteiger charge is -2.33. The van der Waals surface area contributed by atoms with Crippen LogP contribution in [0.4, 0.5) is 4.39 Å². The Labute approximate surface area is 140 Å². The van der Waals surface area contributed by atoms with E-state index in [-0.39, 0.29) is 36.1 Å². The summed E-state index contributed by atoms with van der Waals surface area (Å²) in [6, 6.07) is 9.94. The van der Waals surface area contributed by atoms with Gasteiger partial charge in [0.2, 0.25) is 0 Å². The third-order valence-corrected chi connectivity index (χ3v) is 4.04. The zero-order chi connectivity index (χ0) is 15.5. The van der Waals surface area contributed by atoms with Crippen LogP contribution < -0.4 is 10.6 Å². The molecular formula is C17H20ClFN2O2. The molecule has 2 N–H and O–H groups in total. The van der Waals surface area contributed by atoms with E-state index < -0.39 is 0 Å². The molecule has 2 atom stereocenters. The van der Waals surface area contributed by atoms with Crippen LogP contribution in [0.5, 0.6) is 0 Å². The molecule has 0 radical (unpaired) electrons. The molecule has 1 aromatic heterocycles. The predicted molar refractivity (Wildman–Crippen MR) is 88.6 cm³/mol. The van der Waals surface area contributed by atoms with Crippen molar-refractivity contribution < 1.29 is 13.6 Å². The number of piperidine rings is 1. The molecule has 1 fully saturated rings. The highest BCUT2D eigenvalue weighted by Crippen LogP contribution is 2.26. The second-order valence-corrected chi connectivity index (χ2v) is 5.64. The number of carbonyl (C=O) groups excluding carboxylic acids is 1. The van der Waals surface area contributed by atoms with Crippen LogP contribution in [0.15, 0.2) is 40.8 Å². The molecule has 3 rings (SSSR count). The Bertz CT molecular complexity index is 674. The number of halogens is 2. The Morgan fingerprint density at radius 1 is 1.35 bits per heavy atom. The third kappa shape index (κ3) is 4.12. The van der Waals surface area contributed by atoms with Crippen molar-refractivity contribution in [1.29, 1.82) is 0 Å². The van der Waals surface area contributed by atoms with Gasteiger partial charge in [-0.2, -0.15) is 0 Å². The minimum Gasteiger partial charge on any atom is -0.456 e. The summed E-state index contributed by atoms with van der Waals surface area (Å²) in [6.07, 6.45) is 0.853. The molecule has 6 heteroatoms. The van der Waals surface area contributed by atoms with E-state index in [1.165, 1.54) is 6.07 Å². The molecule has 2 aromatic rings. The fraction of sp³-hybridized carbons (Fsp3) is 0.353. The van der Waals surface area contributed by atoms with Crippen LogP contribution in [-0.4, -0.2) is 25.0 Å². The smallest absolute Gasteiger partial charge is 0.287 e. The first-order valence-electron chi connectivity index (χ1n) is 7.47. The number of aryl methyl sites for hydroxylation is 1. The average molecular weight is 339 g/mol. The van der Waals surface area contributed by atoms with Crippen LogP contribution in [0.3, 0.4) is 0 Å². The van der Waals surface area contributed by atoms with Gasteiger partial charge in [-0.1, -0.05) is 12.1 Å². The van der Waals surface area contributed by atoms with E-state index in [4.69, 9.17) is 4.42 Å². The first-order chi connectivity index (χ1) is 10.6. The van der Waals surface area contributed by atoms with Gasteiger partial charge in [0.25, 0.3) is 5.91 Å². The predicted octanol–water partition coefficient (Wildman–Crippen LogP) is 3.02. The van der Waals surface area contributed by atoms with Crippen LogP contribution in [0, 0.1) is 12.7 Å². The Morgan fingerprint density at radius 3 is 2.87 bits per heavy atom. The molecular weight excluding hydrogens is 319 g/mol. The van der Waals surface area contributed by atoms with Gasteiger partial charge in [0, 0.05) is 18.5 Å². The minimum absolute atomic E-state index is 0. The second kappa shape index (κ2) is 7.62. The molecule has 23 heavy (non-hydrogen) atoms. The van der Waals surface area contributed by atoms with E-state index >= 15 is 0 Å². The molecule has 0 unspecified atom stereocenters. The van der Waals surface area contributed by atoms with E-state index in [1.807, 2.05) is 6.07 Å². The molecule has 1 saturated heterocycles. The first-order valence-corrected chi connectivity index (χ1v) is 7.47. The third-order valence-electron chi connectivity index (χ3n) is 4.04. The highest BCUT2D eigenvalue weighted by atomic mass is 35.5. The summed E-state index contributed by atoms with van der Waals surface area (Å²) in [4.78, 5) is 12.3. The van der Waals surface area contributed by atoms with Crippen molar-refractivity contribution in [2.24, 2.45) is 0 Å². The summed E-state index contributed by atoms with van der Waals surface area (Å²) in [7, 11) is 0. The highest BCUT2D eigenvalue weighted by molar-refractivity contribution is 5.91. The van der Waals surface area contributed by atoms with Gasteiger partial charge < -0.3 is 15.1 Å². The average Bonchev–Trinajstić information content (AvgIpc) is 2.94. The molecule has 1 aliphatic heterocycles. The fourth-order valence-electron chi connectivity index (χ4n) is 2.94. The maximum atomic E-state index is 13.5. The normalized spacial score (nSPS) is 20.6. The second-order valence-electron chi connectivity index (χ2n) is 5.64. The van der Waals surface area contributed by atoms with Gasteiger partial charge in [-0.15, -0.1) is 12.4 Å². The van der Waals surface area contributed by atoms with Crippen molar-refractivity contribution in [1.82, 2.24) is 10.6 Å². The molecule has 2 heterocycles. The Kier molecular flexibility index (Phi) is 5.80. The summed E-state index contributed by atoms with van der Waals surface area (Å²) >= 11 is 0. The maximum absolute atomic E-state index is 13.5. The van der Waals surface area contributed by atoms with Gasteiger partial charge in [0.15, 0.2) is 5.76 Å².